The van der Waals surface area contributed by atoms with Gasteiger partial charge < -0.3 is 14.8 Å². The van der Waals surface area contributed by atoms with E-state index in [2.05, 4.69) is 24.3 Å². The number of carbonyl (C=O) groups excluding carboxylic acids is 1. The highest BCUT2D eigenvalue weighted by Crippen LogP contribution is 2.40. The van der Waals surface area contributed by atoms with Crippen LogP contribution in [0.25, 0.3) is 11.0 Å². The zero-order valence-electron chi connectivity index (χ0n) is 19.6. The lowest BCUT2D eigenvalue weighted by atomic mass is 10.1. The van der Waals surface area contributed by atoms with Crippen LogP contribution in [-0.4, -0.2) is 34.4 Å². The van der Waals surface area contributed by atoms with Gasteiger partial charge in [0.2, 0.25) is 0 Å². The molecule has 0 bridgehead atoms. The van der Waals surface area contributed by atoms with Gasteiger partial charge in [-0.15, -0.1) is 0 Å². The lowest BCUT2D eigenvalue weighted by molar-refractivity contribution is 0.0952. The minimum absolute atomic E-state index is 0.119. The summed E-state index contributed by atoms with van der Waals surface area (Å²) < 4.78 is 13.1. The highest BCUT2D eigenvalue weighted by Gasteiger charge is 2.28. The van der Waals surface area contributed by atoms with E-state index in [1.54, 1.807) is 11.8 Å². The van der Waals surface area contributed by atoms with Crippen LogP contribution in [0.4, 0.5) is 0 Å². The van der Waals surface area contributed by atoms with Gasteiger partial charge in [0.25, 0.3) is 5.91 Å². The normalized spacial score (nSPS) is 13.6. The fourth-order valence-electron chi connectivity index (χ4n) is 3.85. The zero-order valence-corrected chi connectivity index (χ0v) is 19.6. The Hall–Kier alpha value is -3.09. The summed E-state index contributed by atoms with van der Waals surface area (Å²) in [5.74, 6) is 2.31. The standard InChI is InChI=1S/C25H32N4O3/c1-15(2)10-11-32-21-9-6-17(12-22(21)31-5)14-26-25(30)19-13-20(18-7-8-18)27-24-23(19)16(3)28-29(24)4/h6,9,12-13,15,18H,7-8,10-11,14H2,1-5H3,(H,26,30). The minimum Gasteiger partial charge on any atom is -0.493 e. The van der Waals surface area contributed by atoms with Crippen LogP contribution >= 0.6 is 0 Å². The molecule has 1 aliphatic rings. The monoisotopic (exact) mass is 436 g/mol. The first-order valence-electron chi connectivity index (χ1n) is 11.3. The molecule has 1 aliphatic carbocycles. The van der Waals surface area contributed by atoms with Gasteiger partial charge in [-0.05, 0) is 55.9 Å². The smallest absolute Gasteiger partial charge is 0.252 e. The van der Waals surface area contributed by atoms with Crippen LogP contribution < -0.4 is 14.8 Å². The minimum atomic E-state index is -0.119. The van der Waals surface area contributed by atoms with Crippen LogP contribution in [0.2, 0.25) is 0 Å². The van der Waals surface area contributed by atoms with Crippen molar-refractivity contribution in [2.45, 2.75) is 52.5 Å². The van der Waals surface area contributed by atoms with E-state index in [4.69, 9.17) is 14.5 Å². The number of hydrogen-bond acceptors (Lipinski definition) is 5. The van der Waals surface area contributed by atoms with E-state index in [-0.39, 0.29) is 5.91 Å². The van der Waals surface area contributed by atoms with Crippen LogP contribution in [0.15, 0.2) is 24.3 Å². The molecule has 1 N–H and O–H groups in total. The van der Waals surface area contributed by atoms with Crippen molar-refractivity contribution in [3.8, 4) is 11.5 Å². The van der Waals surface area contributed by atoms with Crippen LogP contribution in [0, 0.1) is 12.8 Å². The van der Waals surface area contributed by atoms with E-state index in [9.17, 15) is 4.79 Å². The third-order valence-electron chi connectivity index (χ3n) is 5.86. The first-order valence-corrected chi connectivity index (χ1v) is 11.3. The summed E-state index contributed by atoms with van der Waals surface area (Å²) in [6.07, 6.45) is 3.24. The third kappa shape index (κ3) is 4.71. The Bertz CT molecular complexity index is 1130. The number of benzene rings is 1. The largest absolute Gasteiger partial charge is 0.493 e. The SMILES string of the molecule is COc1cc(CNC(=O)c2cc(C3CC3)nc3c2c(C)nn3C)ccc1OCCC(C)C. The summed E-state index contributed by atoms with van der Waals surface area (Å²) in [5.41, 5.74) is 4.15. The molecule has 7 heteroatoms. The summed E-state index contributed by atoms with van der Waals surface area (Å²) in [4.78, 5) is 18.0. The Morgan fingerprint density at radius 2 is 2.03 bits per heavy atom. The van der Waals surface area contributed by atoms with Gasteiger partial charge in [0, 0.05) is 25.2 Å². The molecule has 4 rings (SSSR count). The lowest BCUT2D eigenvalue weighted by Gasteiger charge is -2.14. The number of aryl methyl sites for hydroxylation is 2. The van der Waals surface area contributed by atoms with Gasteiger partial charge >= 0.3 is 0 Å². The van der Waals surface area contributed by atoms with Gasteiger partial charge in [-0.1, -0.05) is 19.9 Å². The van der Waals surface area contributed by atoms with Crippen LogP contribution in [0.1, 0.15) is 66.3 Å². The maximum Gasteiger partial charge on any atom is 0.252 e. The summed E-state index contributed by atoms with van der Waals surface area (Å²) in [5, 5.41) is 8.36. The number of hydrogen-bond donors (Lipinski definition) is 1. The van der Waals surface area contributed by atoms with Crippen molar-refractivity contribution in [3.05, 3.63) is 46.8 Å². The number of nitrogens with zero attached hydrogens (tertiary/aromatic N) is 3. The van der Waals surface area contributed by atoms with E-state index >= 15 is 0 Å². The number of carbonyl (C=O) groups is 1. The van der Waals surface area contributed by atoms with E-state index in [0.717, 1.165) is 53.0 Å². The number of aromatic nitrogens is 3. The molecule has 1 fully saturated rings. The van der Waals surface area contributed by atoms with E-state index in [1.807, 2.05) is 38.2 Å². The third-order valence-corrected chi connectivity index (χ3v) is 5.86. The molecule has 1 aromatic carbocycles. The number of fused-ring (bicyclic) bond motifs is 1. The molecule has 32 heavy (non-hydrogen) atoms. The second kappa shape index (κ2) is 9.18. The summed E-state index contributed by atoms with van der Waals surface area (Å²) in [6.45, 7) is 7.30. The Morgan fingerprint density at radius 1 is 1.25 bits per heavy atom. The molecule has 170 valence electrons. The Kier molecular flexibility index (Phi) is 6.35. The summed E-state index contributed by atoms with van der Waals surface area (Å²) >= 11 is 0. The Morgan fingerprint density at radius 3 is 2.72 bits per heavy atom. The number of methoxy groups -OCH3 is 1. The molecule has 2 aromatic heterocycles. The Labute approximate surface area is 189 Å². The van der Waals surface area contributed by atoms with Crippen molar-refractivity contribution in [1.29, 1.82) is 0 Å². The molecule has 1 amide bonds. The van der Waals surface area contributed by atoms with Crippen molar-refractivity contribution < 1.29 is 14.3 Å². The first kappa shape index (κ1) is 22.1. The van der Waals surface area contributed by atoms with Gasteiger partial charge in [-0.2, -0.15) is 5.10 Å². The van der Waals surface area contributed by atoms with E-state index in [0.29, 0.717) is 36.3 Å². The molecule has 7 nitrogen and oxygen atoms in total. The topological polar surface area (TPSA) is 78.3 Å². The maximum absolute atomic E-state index is 13.2. The Balaban J connectivity index is 1.51. The van der Waals surface area contributed by atoms with Crippen molar-refractivity contribution >= 4 is 16.9 Å². The van der Waals surface area contributed by atoms with Crippen molar-refractivity contribution in [1.82, 2.24) is 20.1 Å². The second-order valence-corrected chi connectivity index (χ2v) is 8.98. The number of ether oxygens (including phenoxy) is 2. The maximum atomic E-state index is 13.2. The average Bonchev–Trinajstić information content (AvgIpc) is 3.58. The van der Waals surface area contributed by atoms with E-state index in [1.165, 1.54) is 0 Å². The number of rotatable bonds is 9. The molecular weight excluding hydrogens is 404 g/mol. The highest BCUT2D eigenvalue weighted by molar-refractivity contribution is 6.06. The molecule has 0 saturated heterocycles. The fourth-order valence-corrected chi connectivity index (χ4v) is 3.85. The zero-order chi connectivity index (χ0) is 22.8. The second-order valence-electron chi connectivity index (χ2n) is 8.98. The van der Waals surface area contributed by atoms with Crippen molar-refractivity contribution in [2.75, 3.05) is 13.7 Å². The van der Waals surface area contributed by atoms with Crippen LogP contribution in [0.5, 0.6) is 11.5 Å². The molecule has 0 unspecified atom stereocenters. The molecule has 3 aromatic rings. The quantitative estimate of drug-likeness (QED) is 0.534. The van der Waals surface area contributed by atoms with Gasteiger partial charge in [-0.3, -0.25) is 9.48 Å². The fraction of sp³-hybridized carbons (Fsp3) is 0.480. The first-order chi connectivity index (χ1) is 15.4. The predicted octanol–water partition coefficient (Wildman–Crippen LogP) is 4.52. The highest BCUT2D eigenvalue weighted by atomic mass is 16.5. The van der Waals surface area contributed by atoms with Gasteiger partial charge in [-0.25, -0.2) is 4.98 Å². The van der Waals surface area contributed by atoms with Crippen molar-refractivity contribution in [3.63, 3.8) is 0 Å². The van der Waals surface area contributed by atoms with Gasteiger partial charge in [0.1, 0.15) is 0 Å². The molecule has 0 atom stereocenters. The van der Waals surface area contributed by atoms with Gasteiger partial charge in [0.05, 0.1) is 30.4 Å². The summed E-state index contributed by atoms with van der Waals surface area (Å²) in [7, 11) is 3.50. The predicted molar refractivity (Wildman–Crippen MR) is 124 cm³/mol. The van der Waals surface area contributed by atoms with Crippen LogP contribution in [0.3, 0.4) is 0 Å². The van der Waals surface area contributed by atoms with E-state index < -0.39 is 0 Å². The molecule has 1 saturated carbocycles. The molecule has 0 radical (unpaired) electrons. The number of pyridine rings is 1. The lowest BCUT2D eigenvalue weighted by Crippen LogP contribution is -2.23. The number of nitrogens with one attached hydrogen (secondary N) is 1. The average molecular weight is 437 g/mol. The molecule has 0 spiro atoms. The van der Waals surface area contributed by atoms with Crippen LogP contribution in [-0.2, 0) is 13.6 Å². The van der Waals surface area contributed by atoms with Gasteiger partial charge in [0.15, 0.2) is 17.1 Å². The van der Waals surface area contributed by atoms with Crippen molar-refractivity contribution in [2.24, 2.45) is 13.0 Å². The number of amides is 1. The summed E-state index contributed by atoms with van der Waals surface area (Å²) in [6, 6.07) is 7.72. The molecular formula is C25H32N4O3. The molecule has 2 heterocycles. The molecule has 0 aliphatic heterocycles.